The highest BCUT2D eigenvalue weighted by atomic mass is 35.5. The summed E-state index contributed by atoms with van der Waals surface area (Å²) < 4.78 is 7.29. The Morgan fingerprint density at radius 1 is 1.14 bits per heavy atom. The Balaban J connectivity index is 1.84. The summed E-state index contributed by atoms with van der Waals surface area (Å²) >= 11 is 15.0. The number of aryl methyl sites for hydroxylation is 1. The molecule has 4 nitrogen and oxygen atoms in total. The largest absolute Gasteiger partial charge is 0.494 e. The van der Waals surface area contributed by atoms with Gasteiger partial charge >= 0.3 is 0 Å². The van der Waals surface area contributed by atoms with Gasteiger partial charge in [-0.3, -0.25) is 9.69 Å². The van der Waals surface area contributed by atoms with Gasteiger partial charge in [-0.15, -0.1) is 11.3 Å². The number of aromatic nitrogens is 1. The van der Waals surface area contributed by atoms with E-state index in [1.54, 1.807) is 18.1 Å². The van der Waals surface area contributed by atoms with Crippen LogP contribution in [-0.2, 0) is 6.54 Å². The molecule has 0 aliphatic rings. The van der Waals surface area contributed by atoms with E-state index < -0.39 is 0 Å². The molecule has 0 saturated carbocycles. The van der Waals surface area contributed by atoms with Crippen molar-refractivity contribution in [2.24, 2.45) is 0 Å². The second-order valence-electron chi connectivity index (χ2n) is 6.37. The zero-order chi connectivity index (χ0) is 20.5. The van der Waals surface area contributed by atoms with E-state index in [-0.39, 0.29) is 5.91 Å². The smallest absolute Gasteiger partial charge is 0.262 e. The van der Waals surface area contributed by atoms with Crippen LogP contribution < -0.4 is 9.64 Å². The molecule has 29 heavy (non-hydrogen) atoms. The van der Waals surface area contributed by atoms with E-state index in [0.717, 1.165) is 21.3 Å². The second kappa shape index (κ2) is 8.32. The first-order valence-corrected chi connectivity index (χ1v) is 11.1. The molecule has 2 aromatic heterocycles. The number of thiazole rings is 1. The van der Waals surface area contributed by atoms with E-state index in [1.807, 2.05) is 49.4 Å². The van der Waals surface area contributed by atoms with Gasteiger partial charge in [0.2, 0.25) is 0 Å². The van der Waals surface area contributed by atoms with Crippen LogP contribution in [0.3, 0.4) is 0 Å². The van der Waals surface area contributed by atoms with Crippen LogP contribution in [0, 0.1) is 6.92 Å². The maximum atomic E-state index is 13.4. The minimum absolute atomic E-state index is 0.238. The number of halogens is 2. The lowest BCUT2D eigenvalue weighted by atomic mass is 10.2. The number of anilines is 1. The number of hydrogen-bond donors (Lipinski definition) is 0. The van der Waals surface area contributed by atoms with Crippen molar-refractivity contribution in [3.05, 3.63) is 73.9 Å². The van der Waals surface area contributed by atoms with Crippen molar-refractivity contribution in [1.82, 2.24) is 4.98 Å². The molecular weight excluding hydrogens is 447 g/mol. The maximum absolute atomic E-state index is 13.4. The summed E-state index contributed by atoms with van der Waals surface area (Å²) in [6.07, 6.45) is 0. The molecule has 8 heteroatoms. The lowest BCUT2D eigenvalue weighted by Crippen LogP contribution is -2.30. The van der Waals surface area contributed by atoms with Gasteiger partial charge in [0.15, 0.2) is 5.13 Å². The molecule has 0 saturated heterocycles. The number of methoxy groups -OCH3 is 1. The van der Waals surface area contributed by atoms with Gasteiger partial charge in [-0.05, 0) is 30.2 Å². The van der Waals surface area contributed by atoms with Gasteiger partial charge in [-0.2, -0.15) is 0 Å². The van der Waals surface area contributed by atoms with Gasteiger partial charge in [-0.25, -0.2) is 4.98 Å². The van der Waals surface area contributed by atoms with Crippen molar-refractivity contribution in [1.29, 1.82) is 0 Å². The van der Waals surface area contributed by atoms with Gasteiger partial charge in [0.05, 0.1) is 28.3 Å². The molecule has 0 spiro atoms. The molecule has 4 aromatic rings. The number of hydrogen-bond acceptors (Lipinski definition) is 5. The molecule has 0 fully saturated rings. The van der Waals surface area contributed by atoms with E-state index in [9.17, 15) is 4.79 Å². The molecule has 2 heterocycles. The normalized spacial score (nSPS) is 11.0. The zero-order valence-electron chi connectivity index (χ0n) is 15.6. The number of ether oxygens (including phenoxy) is 1. The first kappa shape index (κ1) is 20.2. The fraction of sp³-hybridized carbons (Fsp3) is 0.143. The topological polar surface area (TPSA) is 42.4 Å². The quantitative estimate of drug-likeness (QED) is 0.326. The Hall–Kier alpha value is -2.12. The SMILES string of the molecule is COc1ccc(C)c2sc(N(Cc3ccccc3)C(=O)c3cc(Cl)sc3Cl)nc12. The fourth-order valence-corrected chi connectivity index (χ4v) is 5.50. The number of carbonyl (C=O) groups is 1. The van der Waals surface area contributed by atoms with Crippen molar-refractivity contribution >= 4 is 67.1 Å². The van der Waals surface area contributed by atoms with E-state index in [4.69, 9.17) is 32.9 Å². The summed E-state index contributed by atoms with van der Waals surface area (Å²) in [4.78, 5) is 19.8. The summed E-state index contributed by atoms with van der Waals surface area (Å²) in [5, 5.41) is 0.583. The monoisotopic (exact) mass is 462 g/mol. The molecule has 0 aliphatic carbocycles. The number of benzene rings is 2. The molecular formula is C21H16Cl2N2O2S2. The van der Waals surface area contributed by atoms with Gasteiger partial charge in [0.1, 0.15) is 15.6 Å². The van der Waals surface area contributed by atoms with Gasteiger partial charge < -0.3 is 4.74 Å². The number of amides is 1. The van der Waals surface area contributed by atoms with Gasteiger partial charge in [0, 0.05) is 0 Å². The van der Waals surface area contributed by atoms with Crippen LogP contribution in [0.4, 0.5) is 5.13 Å². The van der Waals surface area contributed by atoms with Crippen LogP contribution in [-0.4, -0.2) is 18.0 Å². The van der Waals surface area contributed by atoms with Crippen LogP contribution in [0.1, 0.15) is 21.5 Å². The number of carbonyl (C=O) groups excluding carboxylic acids is 1. The predicted octanol–water partition coefficient (Wildman–Crippen LogP) is 6.83. The van der Waals surface area contributed by atoms with Crippen LogP contribution >= 0.6 is 45.9 Å². The molecule has 1 amide bonds. The standard InChI is InChI=1S/C21H16Cl2N2O2S2/c1-12-8-9-15(27-2)17-18(12)29-21(24-17)25(11-13-6-4-3-5-7-13)20(26)14-10-16(22)28-19(14)23/h3-10H,11H2,1-2H3. The predicted molar refractivity (Wildman–Crippen MR) is 122 cm³/mol. The van der Waals surface area contributed by atoms with Crippen LogP contribution in [0.15, 0.2) is 48.5 Å². The van der Waals surface area contributed by atoms with Crippen LogP contribution in [0.25, 0.3) is 10.2 Å². The molecule has 0 aliphatic heterocycles. The van der Waals surface area contributed by atoms with E-state index in [2.05, 4.69) is 0 Å². The Morgan fingerprint density at radius 2 is 1.90 bits per heavy atom. The minimum atomic E-state index is -0.238. The van der Waals surface area contributed by atoms with Crippen molar-refractivity contribution < 1.29 is 9.53 Å². The van der Waals surface area contributed by atoms with E-state index in [0.29, 0.717) is 31.7 Å². The molecule has 0 bridgehead atoms. The van der Waals surface area contributed by atoms with Crippen LogP contribution in [0.5, 0.6) is 5.75 Å². The Labute approximate surface area is 186 Å². The minimum Gasteiger partial charge on any atom is -0.494 e. The number of fused-ring (bicyclic) bond motifs is 1. The molecule has 0 radical (unpaired) electrons. The highest BCUT2D eigenvalue weighted by Gasteiger charge is 2.26. The lowest BCUT2D eigenvalue weighted by Gasteiger charge is -2.19. The summed E-state index contributed by atoms with van der Waals surface area (Å²) in [5.41, 5.74) is 3.18. The third kappa shape index (κ3) is 3.98. The molecule has 148 valence electrons. The van der Waals surface area contributed by atoms with Crippen molar-refractivity contribution in [2.45, 2.75) is 13.5 Å². The summed E-state index contributed by atoms with van der Waals surface area (Å²) in [5.74, 6) is 0.439. The zero-order valence-corrected chi connectivity index (χ0v) is 18.8. The fourth-order valence-electron chi connectivity index (χ4n) is 3.00. The molecule has 0 unspecified atom stereocenters. The Morgan fingerprint density at radius 3 is 2.55 bits per heavy atom. The second-order valence-corrected chi connectivity index (χ2v) is 9.64. The van der Waals surface area contributed by atoms with Crippen molar-refractivity contribution in [3.8, 4) is 5.75 Å². The molecule has 0 N–H and O–H groups in total. The van der Waals surface area contributed by atoms with E-state index >= 15 is 0 Å². The van der Waals surface area contributed by atoms with Crippen molar-refractivity contribution in [3.63, 3.8) is 0 Å². The van der Waals surface area contributed by atoms with Gasteiger partial charge in [-0.1, -0.05) is 70.9 Å². The van der Waals surface area contributed by atoms with Gasteiger partial charge in [0.25, 0.3) is 5.91 Å². The first-order valence-electron chi connectivity index (χ1n) is 8.72. The molecule has 0 atom stereocenters. The highest BCUT2D eigenvalue weighted by molar-refractivity contribution is 7.22. The lowest BCUT2D eigenvalue weighted by molar-refractivity contribution is 0.0985. The van der Waals surface area contributed by atoms with Crippen molar-refractivity contribution in [2.75, 3.05) is 12.0 Å². The summed E-state index contributed by atoms with van der Waals surface area (Å²) in [6.45, 7) is 2.38. The summed E-state index contributed by atoms with van der Waals surface area (Å²) in [7, 11) is 1.61. The Bertz CT molecular complexity index is 1190. The number of nitrogens with zero attached hydrogens (tertiary/aromatic N) is 2. The van der Waals surface area contributed by atoms with Crippen LogP contribution in [0.2, 0.25) is 8.67 Å². The van der Waals surface area contributed by atoms with E-state index in [1.165, 1.54) is 22.7 Å². The molecule has 2 aromatic carbocycles. The maximum Gasteiger partial charge on any atom is 0.262 e. The first-order chi connectivity index (χ1) is 14.0. The average molecular weight is 463 g/mol. The third-order valence-corrected chi connectivity index (χ3v) is 7.16. The third-order valence-electron chi connectivity index (χ3n) is 4.46. The highest BCUT2D eigenvalue weighted by Crippen LogP contribution is 2.39. The summed E-state index contributed by atoms with van der Waals surface area (Å²) in [6, 6.07) is 15.3. The number of rotatable bonds is 5. The number of thiophene rings is 1. The Kier molecular flexibility index (Phi) is 5.79. The molecule has 4 rings (SSSR count). The average Bonchev–Trinajstić information content (AvgIpc) is 3.30.